The Hall–Kier alpha value is -3.76. The average Bonchev–Trinajstić information content (AvgIpc) is 3.17. The number of hydrogen-bond acceptors (Lipinski definition) is 8. The Morgan fingerprint density at radius 1 is 0.868 bits per heavy atom. The van der Waals surface area contributed by atoms with Crippen molar-refractivity contribution in [1.82, 2.24) is 15.0 Å². The summed E-state index contributed by atoms with van der Waals surface area (Å²) in [6, 6.07) is 13.6. The van der Waals surface area contributed by atoms with Crippen LogP contribution in [0.4, 0.5) is 27.8 Å². The van der Waals surface area contributed by atoms with Gasteiger partial charge in [0, 0.05) is 48.5 Å². The number of anilines is 4. The Morgan fingerprint density at radius 3 is 2.13 bits per heavy atom. The van der Waals surface area contributed by atoms with E-state index in [2.05, 4.69) is 45.3 Å². The summed E-state index contributed by atoms with van der Waals surface area (Å²) in [4.78, 5) is 31.1. The maximum absolute atomic E-state index is 12.4. The molecule has 4 unspecified atom stereocenters. The van der Waals surface area contributed by atoms with Crippen molar-refractivity contribution < 1.29 is 14.3 Å². The minimum Gasteiger partial charge on any atom is -0.377 e. The lowest BCUT2D eigenvalue weighted by atomic mass is 10.1. The smallest absolute Gasteiger partial charge is 0.323 e. The van der Waals surface area contributed by atoms with Gasteiger partial charge in [0.25, 0.3) is 0 Å². The molecule has 5 heterocycles. The monoisotopic (exact) mass is 515 g/mol. The normalized spacial score (nSPS) is 24.8. The van der Waals surface area contributed by atoms with E-state index in [1.165, 1.54) is 0 Å². The summed E-state index contributed by atoms with van der Waals surface area (Å²) in [5.74, 6) is 2.53. The van der Waals surface area contributed by atoms with Crippen LogP contribution in [-0.4, -0.2) is 71.6 Å². The van der Waals surface area contributed by atoms with Crippen LogP contribution in [0.2, 0.25) is 0 Å². The first-order valence-electron chi connectivity index (χ1n) is 13.3. The molecule has 2 bridgehead atoms. The summed E-state index contributed by atoms with van der Waals surface area (Å²) >= 11 is 0. The second-order valence-corrected chi connectivity index (χ2v) is 10.3. The van der Waals surface area contributed by atoms with Crippen molar-refractivity contribution in [2.24, 2.45) is 0 Å². The van der Waals surface area contributed by atoms with Crippen molar-refractivity contribution in [2.45, 2.75) is 51.0 Å². The molecule has 3 aromatic rings. The van der Waals surface area contributed by atoms with Gasteiger partial charge in [0.1, 0.15) is 11.6 Å². The third kappa shape index (κ3) is 5.27. The number of morpholine rings is 2. The van der Waals surface area contributed by atoms with Gasteiger partial charge >= 0.3 is 6.03 Å². The second-order valence-electron chi connectivity index (χ2n) is 10.3. The second kappa shape index (κ2) is 10.5. The number of aromatic nitrogens is 3. The van der Waals surface area contributed by atoms with Gasteiger partial charge in [0.15, 0.2) is 5.82 Å². The molecule has 4 atom stereocenters. The summed E-state index contributed by atoms with van der Waals surface area (Å²) in [5.41, 5.74) is 2.25. The number of ether oxygens (including phenoxy) is 2. The number of fused-ring (bicyclic) bond motifs is 2. The van der Waals surface area contributed by atoms with Crippen molar-refractivity contribution in [2.75, 3.05) is 46.7 Å². The predicted octanol–water partition coefficient (Wildman–Crippen LogP) is 4.16. The van der Waals surface area contributed by atoms with Gasteiger partial charge in [-0.3, -0.25) is 4.98 Å². The molecule has 3 aliphatic heterocycles. The third-order valence-electron chi connectivity index (χ3n) is 7.29. The molecule has 198 valence electrons. The molecule has 1 aromatic carbocycles. The zero-order valence-electron chi connectivity index (χ0n) is 21.7. The molecule has 3 fully saturated rings. The van der Waals surface area contributed by atoms with Crippen LogP contribution in [0.25, 0.3) is 11.4 Å². The van der Waals surface area contributed by atoms with Crippen LogP contribution in [0.1, 0.15) is 26.7 Å². The van der Waals surface area contributed by atoms with Crippen LogP contribution >= 0.6 is 0 Å². The molecule has 3 aliphatic rings. The van der Waals surface area contributed by atoms with Gasteiger partial charge in [0.05, 0.1) is 37.5 Å². The van der Waals surface area contributed by atoms with E-state index in [0.717, 1.165) is 56.3 Å². The summed E-state index contributed by atoms with van der Waals surface area (Å²) in [6.45, 7) is 7.24. The van der Waals surface area contributed by atoms with Gasteiger partial charge in [-0.05, 0) is 63.1 Å². The first-order chi connectivity index (χ1) is 18.5. The number of carbonyl (C=O) groups is 1. The molecule has 2 aromatic heterocycles. The van der Waals surface area contributed by atoms with E-state index in [1.54, 1.807) is 24.5 Å². The summed E-state index contributed by atoms with van der Waals surface area (Å²) in [7, 11) is 0. The van der Waals surface area contributed by atoms with Crippen LogP contribution in [0.5, 0.6) is 0 Å². The Labute approximate surface area is 222 Å². The number of rotatable bonds is 5. The van der Waals surface area contributed by atoms with Gasteiger partial charge in [-0.15, -0.1) is 0 Å². The minimum atomic E-state index is -0.317. The van der Waals surface area contributed by atoms with E-state index in [0.29, 0.717) is 29.3 Å². The van der Waals surface area contributed by atoms with E-state index in [4.69, 9.17) is 19.4 Å². The zero-order valence-corrected chi connectivity index (χ0v) is 21.7. The molecule has 3 saturated heterocycles. The quantitative estimate of drug-likeness (QED) is 0.522. The maximum atomic E-state index is 12.4. The molecule has 10 heteroatoms. The van der Waals surface area contributed by atoms with Crippen molar-refractivity contribution in [1.29, 1.82) is 0 Å². The van der Waals surface area contributed by atoms with Gasteiger partial charge in [-0.2, -0.15) is 0 Å². The molecule has 0 saturated carbocycles. The molecule has 2 amide bonds. The molecule has 0 radical (unpaired) electrons. The van der Waals surface area contributed by atoms with Crippen LogP contribution in [0, 0.1) is 0 Å². The Morgan fingerprint density at radius 2 is 1.47 bits per heavy atom. The zero-order chi connectivity index (χ0) is 26.1. The largest absolute Gasteiger partial charge is 0.377 e. The third-order valence-corrected chi connectivity index (χ3v) is 7.29. The lowest BCUT2D eigenvalue weighted by Gasteiger charge is -2.38. The van der Waals surface area contributed by atoms with Gasteiger partial charge in [-0.25, -0.2) is 14.8 Å². The molecular formula is C28H33N7O3. The highest BCUT2D eigenvalue weighted by molar-refractivity contribution is 5.99. The average molecular weight is 516 g/mol. The number of nitrogens with zero attached hydrogens (tertiary/aromatic N) is 5. The topological polar surface area (TPSA) is 105 Å². The fraction of sp³-hybridized carbons (Fsp3) is 0.429. The van der Waals surface area contributed by atoms with Crippen molar-refractivity contribution in [3.63, 3.8) is 0 Å². The molecule has 2 N–H and O–H groups in total. The first-order valence-corrected chi connectivity index (χ1v) is 13.3. The molecule has 0 aliphatic carbocycles. The van der Waals surface area contributed by atoms with Crippen molar-refractivity contribution >= 4 is 29.0 Å². The number of hydrogen-bond donors (Lipinski definition) is 2. The summed E-state index contributed by atoms with van der Waals surface area (Å²) < 4.78 is 11.8. The van der Waals surface area contributed by atoms with Crippen LogP contribution in [0.15, 0.2) is 54.9 Å². The van der Waals surface area contributed by atoms with Crippen molar-refractivity contribution in [3.05, 3.63) is 54.9 Å². The number of nitrogens with one attached hydrogen (secondary N) is 2. The highest BCUT2D eigenvalue weighted by Crippen LogP contribution is 2.36. The SMILES string of the molecule is CC1CN(c2cc(N3C4CCC3COC4)nc(-c3ccc(NC(=O)Nc4ccncc4)cc3)n2)CC(C)O1. The fourth-order valence-electron chi connectivity index (χ4n) is 5.64. The standard InChI is InChI=1S/C28H33N7O3/c1-18-14-34(15-19(2)38-18)25-13-26(35-23-7-8-24(35)17-37-16-23)33-27(32-25)20-3-5-21(6-4-20)30-28(36)31-22-9-11-29-12-10-22/h3-6,9-13,18-19,23-24H,7-8,14-17H2,1-2H3,(H2,29,30,31,36). The molecule has 6 rings (SSSR count). The van der Waals surface area contributed by atoms with Gasteiger partial charge in [0.2, 0.25) is 0 Å². The molecule has 10 nitrogen and oxygen atoms in total. The lowest BCUT2D eigenvalue weighted by molar-refractivity contribution is -0.00546. The Kier molecular flexibility index (Phi) is 6.82. The predicted molar refractivity (Wildman–Crippen MR) is 147 cm³/mol. The number of benzene rings is 1. The lowest BCUT2D eigenvalue weighted by Crippen LogP contribution is -2.47. The van der Waals surface area contributed by atoms with E-state index in [1.807, 2.05) is 24.3 Å². The number of carbonyl (C=O) groups excluding carboxylic acids is 1. The van der Waals surface area contributed by atoms with Crippen LogP contribution in [0.3, 0.4) is 0 Å². The van der Waals surface area contributed by atoms with E-state index in [-0.39, 0.29) is 18.2 Å². The summed E-state index contributed by atoms with van der Waals surface area (Å²) in [5, 5.41) is 5.67. The van der Waals surface area contributed by atoms with E-state index in [9.17, 15) is 4.79 Å². The fourth-order valence-corrected chi connectivity index (χ4v) is 5.64. The van der Waals surface area contributed by atoms with Crippen LogP contribution < -0.4 is 20.4 Å². The maximum Gasteiger partial charge on any atom is 0.323 e. The first kappa shape index (κ1) is 24.6. The van der Waals surface area contributed by atoms with E-state index < -0.39 is 0 Å². The van der Waals surface area contributed by atoms with E-state index >= 15 is 0 Å². The highest BCUT2D eigenvalue weighted by atomic mass is 16.5. The molecule has 0 spiro atoms. The minimum absolute atomic E-state index is 0.129. The number of pyridine rings is 1. The molecular weight excluding hydrogens is 482 g/mol. The van der Waals surface area contributed by atoms with Crippen molar-refractivity contribution in [3.8, 4) is 11.4 Å². The summed E-state index contributed by atoms with van der Waals surface area (Å²) in [6.07, 6.45) is 5.76. The molecule has 38 heavy (non-hydrogen) atoms. The van der Waals surface area contributed by atoms with Gasteiger partial charge in [-0.1, -0.05) is 0 Å². The Bertz CT molecular complexity index is 1250. The highest BCUT2D eigenvalue weighted by Gasteiger charge is 2.39. The van der Waals surface area contributed by atoms with Crippen LogP contribution in [-0.2, 0) is 9.47 Å². The number of amides is 2. The Balaban J connectivity index is 1.27. The number of urea groups is 1. The van der Waals surface area contributed by atoms with Gasteiger partial charge < -0.3 is 29.9 Å².